The predicted molar refractivity (Wildman–Crippen MR) is 75.9 cm³/mol. The highest BCUT2D eigenvalue weighted by atomic mass is 16.7. The second-order valence-electron chi connectivity index (χ2n) is 4.22. The minimum atomic E-state index is -1.07. The van der Waals surface area contributed by atoms with Crippen molar-refractivity contribution in [3.05, 3.63) is 11.5 Å². The van der Waals surface area contributed by atoms with E-state index in [1.165, 1.54) is 6.92 Å². The lowest BCUT2D eigenvalue weighted by molar-refractivity contribution is -0.133. The maximum Gasteiger partial charge on any atom is 0.338 e. The van der Waals surface area contributed by atoms with Crippen LogP contribution in [0.1, 0.15) is 26.7 Å². The summed E-state index contributed by atoms with van der Waals surface area (Å²) in [5.74, 6) is -1.03. The summed E-state index contributed by atoms with van der Waals surface area (Å²) in [6.07, 6.45) is 1.79. The van der Waals surface area contributed by atoms with Crippen molar-refractivity contribution in [3.63, 3.8) is 0 Å². The van der Waals surface area contributed by atoms with E-state index in [1.54, 1.807) is 0 Å². The minimum Gasteiger partial charge on any atom is -0.478 e. The van der Waals surface area contributed by atoms with Crippen LogP contribution in [0.5, 0.6) is 0 Å². The number of carbonyl (C=O) groups is 1. The van der Waals surface area contributed by atoms with Crippen molar-refractivity contribution in [2.75, 3.05) is 46.2 Å². The lowest BCUT2D eigenvalue weighted by Crippen LogP contribution is -2.13. The number of aliphatic hydroxyl groups is 1. The molecule has 0 bridgehead atoms. The maximum atomic E-state index is 10.9. The molecule has 0 saturated carbocycles. The van der Waals surface area contributed by atoms with E-state index in [1.807, 2.05) is 6.92 Å². The molecule has 0 spiro atoms. The van der Waals surface area contributed by atoms with E-state index in [4.69, 9.17) is 29.2 Å². The third-order valence-corrected chi connectivity index (χ3v) is 2.43. The smallest absolute Gasteiger partial charge is 0.338 e. The summed E-state index contributed by atoms with van der Waals surface area (Å²) >= 11 is 0. The van der Waals surface area contributed by atoms with Gasteiger partial charge in [0.05, 0.1) is 39.6 Å². The fourth-order valence-electron chi connectivity index (χ4n) is 1.23. The van der Waals surface area contributed by atoms with Crippen molar-refractivity contribution in [3.8, 4) is 0 Å². The van der Waals surface area contributed by atoms with Gasteiger partial charge in [-0.25, -0.2) is 4.79 Å². The Morgan fingerprint density at radius 2 is 1.52 bits per heavy atom. The molecule has 7 heteroatoms. The number of ether oxygens (including phenoxy) is 4. The first kappa shape index (κ1) is 19.7. The molecule has 0 radical (unpaired) electrons. The lowest BCUT2D eigenvalue weighted by Gasteiger charge is -2.13. The van der Waals surface area contributed by atoms with Gasteiger partial charge in [0.1, 0.15) is 12.2 Å². The summed E-state index contributed by atoms with van der Waals surface area (Å²) in [6.45, 7) is 5.43. The van der Waals surface area contributed by atoms with Crippen molar-refractivity contribution in [2.45, 2.75) is 26.7 Å². The number of hydrogen-bond acceptors (Lipinski definition) is 6. The van der Waals surface area contributed by atoms with Crippen LogP contribution in [0.4, 0.5) is 0 Å². The normalized spacial score (nSPS) is 12.0. The molecule has 124 valence electrons. The zero-order valence-electron chi connectivity index (χ0n) is 12.8. The van der Waals surface area contributed by atoms with Crippen LogP contribution in [0, 0.1) is 0 Å². The fraction of sp³-hybridized carbons (Fsp3) is 0.786. The fourth-order valence-corrected chi connectivity index (χ4v) is 1.23. The molecule has 0 aliphatic rings. The highest BCUT2D eigenvalue weighted by Crippen LogP contribution is 2.09. The van der Waals surface area contributed by atoms with Gasteiger partial charge in [0.25, 0.3) is 5.95 Å². The number of carboxylic acid groups (broad SMARTS) is 1. The van der Waals surface area contributed by atoms with Gasteiger partial charge in [-0.2, -0.15) is 0 Å². The van der Waals surface area contributed by atoms with E-state index in [9.17, 15) is 4.79 Å². The Hall–Kier alpha value is -1.31. The summed E-state index contributed by atoms with van der Waals surface area (Å²) in [7, 11) is 0. The van der Waals surface area contributed by atoms with Crippen LogP contribution < -0.4 is 0 Å². The summed E-state index contributed by atoms with van der Waals surface area (Å²) in [5.41, 5.74) is 0.0392. The minimum absolute atomic E-state index is 0.0131. The highest BCUT2D eigenvalue weighted by Gasteiger charge is 2.12. The van der Waals surface area contributed by atoms with Crippen molar-refractivity contribution in [1.82, 2.24) is 0 Å². The molecule has 0 aromatic heterocycles. The number of aliphatic carboxylic acids is 1. The molecule has 0 saturated heterocycles. The molecule has 21 heavy (non-hydrogen) atoms. The molecule has 0 rings (SSSR count). The van der Waals surface area contributed by atoms with Crippen molar-refractivity contribution in [2.24, 2.45) is 0 Å². The van der Waals surface area contributed by atoms with Crippen molar-refractivity contribution < 1.29 is 34.0 Å². The monoisotopic (exact) mass is 306 g/mol. The Kier molecular flexibility index (Phi) is 12.8. The molecule has 0 heterocycles. The summed E-state index contributed by atoms with van der Waals surface area (Å²) in [6, 6.07) is 0. The van der Waals surface area contributed by atoms with E-state index in [2.05, 4.69) is 0 Å². The van der Waals surface area contributed by atoms with Gasteiger partial charge in [0.2, 0.25) is 0 Å². The van der Waals surface area contributed by atoms with E-state index < -0.39 is 5.97 Å². The van der Waals surface area contributed by atoms with Gasteiger partial charge in [-0.05, 0) is 13.3 Å². The van der Waals surface area contributed by atoms with Crippen LogP contribution in [0.3, 0.4) is 0 Å². The summed E-state index contributed by atoms with van der Waals surface area (Å²) in [4.78, 5) is 10.9. The molecule has 7 nitrogen and oxygen atoms in total. The van der Waals surface area contributed by atoms with Crippen LogP contribution in [-0.4, -0.2) is 62.4 Å². The molecule has 2 N–H and O–H groups in total. The second kappa shape index (κ2) is 13.7. The van der Waals surface area contributed by atoms with E-state index in [-0.39, 0.29) is 31.3 Å². The van der Waals surface area contributed by atoms with Crippen LogP contribution in [0.25, 0.3) is 0 Å². The first-order valence-electron chi connectivity index (χ1n) is 7.09. The predicted octanol–water partition coefficient (Wildman–Crippen LogP) is 1.16. The van der Waals surface area contributed by atoms with Crippen LogP contribution in [-0.2, 0) is 23.7 Å². The van der Waals surface area contributed by atoms with Crippen LogP contribution >= 0.6 is 0 Å². The first-order chi connectivity index (χ1) is 10.1. The number of rotatable bonds is 14. The van der Waals surface area contributed by atoms with E-state index >= 15 is 0 Å². The third-order valence-electron chi connectivity index (χ3n) is 2.43. The Balaban J connectivity index is 3.91. The second-order valence-corrected chi connectivity index (χ2v) is 4.22. The Morgan fingerprint density at radius 3 is 2.10 bits per heavy atom. The average Bonchev–Trinajstić information content (AvgIpc) is 2.47. The van der Waals surface area contributed by atoms with E-state index in [0.717, 1.165) is 12.8 Å². The van der Waals surface area contributed by atoms with Gasteiger partial charge in [0, 0.05) is 0 Å². The number of carboxylic acids is 1. The lowest BCUT2D eigenvalue weighted by atomic mass is 10.3. The topological polar surface area (TPSA) is 94.5 Å². The highest BCUT2D eigenvalue weighted by molar-refractivity contribution is 5.86. The Morgan fingerprint density at radius 1 is 0.952 bits per heavy atom. The number of aliphatic hydroxyl groups excluding tert-OH is 1. The quantitative estimate of drug-likeness (QED) is 0.282. The zero-order chi connectivity index (χ0) is 15.9. The molecule has 0 aliphatic carbocycles. The first-order valence-corrected chi connectivity index (χ1v) is 7.09. The maximum absolute atomic E-state index is 10.9. The van der Waals surface area contributed by atoms with Crippen LogP contribution in [0.15, 0.2) is 11.5 Å². The van der Waals surface area contributed by atoms with Gasteiger partial charge in [0.15, 0.2) is 0 Å². The molecule has 0 aliphatic heterocycles. The van der Waals surface area contributed by atoms with Crippen molar-refractivity contribution >= 4 is 5.97 Å². The van der Waals surface area contributed by atoms with Gasteiger partial charge < -0.3 is 29.2 Å². The third kappa shape index (κ3) is 11.1. The molecular formula is C14H26O7. The number of unbranched alkanes of at least 4 members (excludes halogenated alkanes) is 1. The standard InChI is InChI=1S/C14H26O7/c1-3-4-6-20-14(12(2)13(16)17)21-11-10-19-9-8-18-7-5-15/h15H,3-11H2,1-2H3,(H,16,17). The largest absolute Gasteiger partial charge is 0.478 e. The molecule has 0 unspecified atom stereocenters. The van der Waals surface area contributed by atoms with Gasteiger partial charge in [-0.3, -0.25) is 0 Å². The van der Waals surface area contributed by atoms with E-state index in [0.29, 0.717) is 26.4 Å². The summed E-state index contributed by atoms with van der Waals surface area (Å²) in [5, 5.41) is 17.4. The molecule has 0 fully saturated rings. The molecule has 0 atom stereocenters. The van der Waals surface area contributed by atoms with Crippen LogP contribution in [0.2, 0.25) is 0 Å². The van der Waals surface area contributed by atoms with Gasteiger partial charge in [-0.1, -0.05) is 13.3 Å². The van der Waals surface area contributed by atoms with Gasteiger partial charge >= 0.3 is 5.97 Å². The molecule has 0 aromatic rings. The molecule has 0 aromatic carbocycles. The SMILES string of the molecule is CCCCOC(OCCOCCOCCO)=C(C)C(=O)O. The number of hydrogen-bond donors (Lipinski definition) is 2. The summed E-state index contributed by atoms with van der Waals surface area (Å²) < 4.78 is 20.9. The van der Waals surface area contributed by atoms with Crippen molar-refractivity contribution in [1.29, 1.82) is 0 Å². The average molecular weight is 306 g/mol. The Bertz CT molecular complexity index is 302. The molecular weight excluding hydrogens is 280 g/mol. The zero-order valence-corrected chi connectivity index (χ0v) is 12.8. The van der Waals surface area contributed by atoms with Gasteiger partial charge in [-0.15, -0.1) is 0 Å². The Labute approximate surface area is 125 Å². The molecule has 0 amide bonds.